The fraction of sp³-hybridized carbons (Fsp3) is 0.583. The molecule has 1 aliphatic heterocycles. The van der Waals surface area contributed by atoms with E-state index in [0.29, 0.717) is 17.0 Å². The van der Waals surface area contributed by atoms with E-state index in [4.69, 9.17) is 9.47 Å². The lowest BCUT2D eigenvalue weighted by atomic mass is 10.2. The minimum Gasteiger partial charge on any atom is -0.376 e. The Morgan fingerprint density at radius 1 is 1.62 bits per heavy atom. The van der Waals surface area contributed by atoms with Crippen molar-refractivity contribution in [1.29, 1.82) is 0 Å². The van der Waals surface area contributed by atoms with E-state index in [1.165, 1.54) is 13.0 Å². The van der Waals surface area contributed by atoms with Gasteiger partial charge in [0.25, 0.3) is 15.9 Å². The standard InChI is InChI=1S/C12H16BrNO5S2/c1-8(19-7-9-3-2-6-18-9)12(15)14-21(16,17)11-5-4-10(13)20-11/h4-5,8-9H,2-3,6-7H2,1H3,(H,14,15)/t8-,9-/m1/s1. The molecular formula is C12H16BrNO5S2. The van der Waals surface area contributed by atoms with Gasteiger partial charge in [0.15, 0.2) is 0 Å². The first-order valence-electron chi connectivity index (χ1n) is 6.43. The molecule has 2 rings (SSSR count). The smallest absolute Gasteiger partial charge is 0.273 e. The van der Waals surface area contributed by atoms with Crippen molar-refractivity contribution >= 4 is 43.2 Å². The third-order valence-corrected chi connectivity index (χ3v) is 6.44. The van der Waals surface area contributed by atoms with Crippen LogP contribution in [0.3, 0.4) is 0 Å². The summed E-state index contributed by atoms with van der Waals surface area (Å²) in [5, 5.41) is 0. The summed E-state index contributed by atoms with van der Waals surface area (Å²) in [4.78, 5) is 11.9. The van der Waals surface area contributed by atoms with Crippen molar-refractivity contribution in [3.63, 3.8) is 0 Å². The van der Waals surface area contributed by atoms with E-state index in [9.17, 15) is 13.2 Å². The topological polar surface area (TPSA) is 81.7 Å². The van der Waals surface area contributed by atoms with Crippen LogP contribution in [0.5, 0.6) is 0 Å². The van der Waals surface area contributed by atoms with E-state index in [2.05, 4.69) is 15.9 Å². The first-order chi connectivity index (χ1) is 9.88. The summed E-state index contributed by atoms with van der Waals surface area (Å²) in [6.45, 7) is 2.51. The van der Waals surface area contributed by atoms with E-state index in [0.717, 1.165) is 24.2 Å². The van der Waals surface area contributed by atoms with Crippen molar-refractivity contribution in [1.82, 2.24) is 4.72 Å². The molecule has 0 aromatic carbocycles. The summed E-state index contributed by atoms with van der Waals surface area (Å²) in [7, 11) is -3.84. The van der Waals surface area contributed by atoms with Crippen LogP contribution in [-0.2, 0) is 24.3 Å². The fourth-order valence-corrected chi connectivity index (χ4v) is 4.86. The van der Waals surface area contributed by atoms with Crippen molar-refractivity contribution in [2.75, 3.05) is 13.2 Å². The highest BCUT2D eigenvalue weighted by molar-refractivity contribution is 9.11. The van der Waals surface area contributed by atoms with Crippen LogP contribution in [0.15, 0.2) is 20.1 Å². The molecule has 0 bridgehead atoms. The molecule has 0 saturated carbocycles. The van der Waals surface area contributed by atoms with Crippen LogP contribution < -0.4 is 4.72 Å². The molecular weight excluding hydrogens is 382 g/mol. The second kappa shape index (κ2) is 7.19. The number of halogens is 1. The number of amides is 1. The highest BCUT2D eigenvalue weighted by Crippen LogP contribution is 2.25. The van der Waals surface area contributed by atoms with Crippen LogP contribution in [-0.4, -0.2) is 39.7 Å². The fourth-order valence-electron chi connectivity index (χ4n) is 1.81. The third kappa shape index (κ3) is 4.75. The molecule has 2 heterocycles. The average Bonchev–Trinajstić information content (AvgIpc) is 3.06. The van der Waals surface area contributed by atoms with Crippen LogP contribution >= 0.6 is 27.3 Å². The molecule has 118 valence electrons. The summed E-state index contributed by atoms with van der Waals surface area (Å²) < 4.78 is 37.5. The molecule has 9 heteroatoms. The molecule has 1 fully saturated rings. The van der Waals surface area contributed by atoms with Crippen molar-refractivity contribution in [2.45, 2.75) is 36.2 Å². The number of carbonyl (C=O) groups is 1. The van der Waals surface area contributed by atoms with E-state index >= 15 is 0 Å². The number of ether oxygens (including phenoxy) is 2. The maximum absolute atomic E-state index is 12.0. The Labute approximate surface area is 136 Å². The van der Waals surface area contributed by atoms with Gasteiger partial charge >= 0.3 is 0 Å². The second-order valence-corrected chi connectivity index (χ2v) is 9.01. The van der Waals surface area contributed by atoms with Crippen molar-refractivity contribution in [2.24, 2.45) is 0 Å². The molecule has 1 aromatic rings. The van der Waals surface area contributed by atoms with Gasteiger partial charge in [-0.2, -0.15) is 0 Å². The molecule has 1 amide bonds. The molecule has 21 heavy (non-hydrogen) atoms. The Kier molecular flexibility index (Phi) is 5.78. The number of rotatable bonds is 6. The Hall–Kier alpha value is -0.480. The molecule has 1 aromatic heterocycles. The molecule has 1 saturated heterocycles. The predicted molar refractivity (Wildman–Crippen MR) is 81.7 cm³/mol. The Morgan fingerprint density at radius 2 is 2.38 bits per heavy atom. The van der Waals surface area contributed by atoms with Gasteiger partial charge in [0, 0.05) is 6.61 Å². The minimum absolute atomic E-state index is 0.00916. The third-order valence-electron chi connectivity index (χ3n) is 2.97. The van der Waals surface area contributed by atoms with Gasteiger partial charge in [-0.15, -0.1) is 11.3 Å². The van der Waals surface area contributed by atoms with Crippen LogP contribution in [0.2, 0.25) is 0 Å². The summed E-state index contributed by atoms with van der Waals surface area (Å²) in [5.74, 6) is -0.683. The van der Waals surface area contributed by atoms with Gasteiger partial charge in [-0.1, -0.05) is 0 Å². The molecule has 0 spiro atoms. The number of carbonyl (C=O) groups excluding carboxylic acids is 1. The van der Waals surface area contributed by atoms with E-state index < -0.39 is 22.0 Å². The molecule has 1 N–H and O–H groups in total. The van der Waals surface area contributed by atoms with Gasteiger partial charge in [0.2, 0.25) is 0 Å². The summed E-state index contributed by atoms with van der Waals surface area (Å²) in [6, 6.07) is 3.04. The predicted octanol–water partition coefficient (Wildman–Crippen LogP) is 1.90. The monoisotopic (exact) mass is 397 g/mol. The maximum atomic E-state index is 12.0. The van der Waals surface area contributed by atoms with Crippen LogP contribution in [0.4, 0.5) is 0 Å². The van der Waals surface area contributed by atoms with Crippen LogP contribution in [0, 0.1) is 0 Å². The summed E-state index contributed by atoms with van der Waals surface area (Å²) >= 11 is 4.22. The normalized spacial score (nSPS) is 20.4. The number of hydrogen-bond acceptors (Lipinski definition) is 6. The van der Waals surface area contributed by atoms with Crippen molar-refractivity contribution in [3.8, 4) is 0 Å². The van der Waals surface area contributed by atoms with E-state index in [1.807, 2.05) is 4.72 Å². The van der Waals surface area contributed by atoms with E-state index in [-0.39, 0.29) is 10.3 Å². The lowest BCUT2D eigenvalue weighted by Crippen LogP contribution is -2.39. The summed E-state index contributed by atoms with van der Waals surface area (Å²) in [6.07, 6.45) is 1.02. The van der Waals surface area contributed by atoms with Crippen LogP contribution in [0.1, 0.15) is 19.8 Å². The van der Waals surface area contributed by atoms with Gasteiger partial charge < -0.3 is 9.47 Å². The van der Waals surface area contributed by atoms with Crippen molar-refractivity contribution in [3.05, 3.63) is 15.9 Å². The first-order valence-corrected chi connectivity index (χ1v) is 9.53. The van der Waals surface area contributed by atoms with Crippen LogP contribution in [0.25, 0.3) is 0 Å². The SMILES string of the molecule is C[C@@H](OC[C@H]1CCCO1)C(=O)NS(=O)(=O)c1ccc(Br)s1. The van der Waals surface area contributed by atoms with Gasteiger partial charge in [-0.3, -0.25) is 4.79 Å². The maximum Gasteiger partial charge on any atom is 0.273 e. The Morgan fingerprint density at radius 3 is 2.95 bits per heavy atom. The quantitative estimate of drug-likeness (QED) is 0.792. The molecule has 1 aliphatic rings. The average molecular weight is 398 g/mol. The lowest BCUT2D eigenvalue weighted by molar-refractivity contribution is -0.131. The Bertz CT molecular complexity index is 595. The zero-order chi connectivity index (χ0) is 15.5. The molecule has 0 radical (unpaired) electrons. The highest BCUT2D eigenvalue weighted by Gasteiger charge is 2.25. The largest absolute Gasteiger partial charge is 0.376 e. The molecule has 0 aliphatic carbocycles. The molecule has 2 atom stereocenters. The van der Waals surface area contributed by atoms with Crippen molar-refractivity contribution < 1.29 is 22.7 Å². The highest BCUT2D eigenvalue weighted by atomic mass is 79.9. The zero-order valence-corrected chi connectivity index (χ0v) is 14.6. The summed E-state index contributed by atoms with van der Waals surface area (Å²) in [5.41, 5.74) is 0. The Balaban J connectivity index is 1.87. The molecule has 6 nitrogen and oxygen atoms in total. The number of thiophene rings is 1. The molecule has 0 unspecified atom stereocenters. The number of hydrogen-bond donors (Lipinski definition) is 1. The minimum atomic E-state index is -3.84. The first kappa shape index (κ1) is 16.9. The van der Waals surface area contributed by atoms with E-state index in [1.54, 1.807) is 6.07 Å². The van der Waals surface area contributed by atoms with Gasteiger partial charge in [-0.25, -0.2) is 13.1 Å². The van der Waals surface area contributed by atoms with Gasteiger partial charge in [-0.05, 0) is 47.8 Å². The second-order valence-electron chi connectivity index (χ2n) is 4.64. The number of sulfonamides is 1. The lowest BCUT2D eigenvalue weighted by Gasteiger charge is -2.15. The number of nitrogens with one attached hydrogen (secondary N) is 1. The zero-order valence-electron chi connectivity index (χ0n) is 11.4. The van der Waals surface area contributed by atoms with Gasteiger partial charge in [0.05, 0.1) is 16.5 Å². The van der Waals surface area contributed by atoms with Gasteiger partial charge in [0.1, 0.15) is 10.3 Å².